The molecule has 1 aromatic heterocycles. The van der Waals surface area contributed by atoms with Crippen LogP contribution in [0.1, 0.15) is 0 Å². The summed E-state index contributed by atoms with van der Waals surface area (Å²) in [5.41, 5.74) is 6.52. The largest absolute Gasteiger partial charge is 0.398 e. The number of benzene rings is 1. The van der Waals surface area contributed by atoms with Gasteiger partial charge < -0.3 is 21.3 Å². The number of pyridine rings is 1. The van der Waals surface area contributed by atoms with Crippen molar-refractivity contribution in [1.29, 1.82) is 0 Å². The minimum absolute atomic E-state index is 0.132. The number of rotatable bonds is 4. The van der Waals surface area contributed by atoms with Gasteiger partial charge in [-0.05, 0) is 18.2 Å². The van der Waals surface area contributed by atoms with Gasteiger partial charge in [-0.25, -0.2) is 4.39 Å². The first-order valence-electron chi connectivity index (χ1n) is 5.48. The van der Waals surface area contributed by atoms with Gasteiger partial charge in [0.1, 0.15) is 0 Å². The first-order valence-corrected chi connectivity index (χ1v) is 5.48. The predicted molar refractivity (Wildman–Crippen MR) is 67.7 cm³/mol. The van der Waals surface area contributed by atoms with Crippen LogP contribution in [-0.4, -0.2) is 34.5 Å². The summed E-state index contributed by atoms with van der Waals surface area (Å²) >= 11 is 0. The molecule has 96 valence electrons. The molecule has 0 aliphatic carbocycles. The Morgan fingerprint density at radius 2 is 2.11 bits per heavy atom. The lowest BCUT2D eigenvalue weighted by Crippen LogP contribution is -2.28. The minimum atomic E-state index is -0.645. The number of fused-ring (bicyclic) bond motifs is 1. The monoisotopic (exact) mass is 251 g/mol. The molecule has 0 aliphatic rings. The van der Waals surface area contributed by atoms with Crippen LogP contribution in [0.15, 0.2) is 24.4 Å². The highest BCUT2D eigenvalue weighted by molar-refractivity contribution is 5.98. The molecule has 5 nitrogen and oxygen atoms in total. The number of anilines is 2. The second-order valence-corrected chi connectivity index (χ2v) is 3.93. The highest BCUT2D eigenvalue weighted by Gasteiger charge is 2.15. The molecule has 0 amide bonds. The maximum atomic E-state index is 13.9. The van der Waals surface area contributed by atoms with E-state index in [4.69, 9.17) is 15.9 Å². The van der Waals surface area contributed by atoms with Crippen molar-refractivity contribution in [3.05, 3.63) is 30.2 Å². The van der Waals surface area contributed by atoms with E-state index in [2.05, 4.69) is 10.3 Å². The van der Waals surface area contributed by atoms with Gasteiger partial charge in [0, 0.05) is 17.3 Å². The van der Waals surface area contributed by atoms with E-state index in [1.807, 2.05) is 0 Å². The molecular weight excluding hydrogens is 237 g/mol. The van der Waals surface area contributed by atoms with Gasteiger partial charge in [0.05, 0.1) is 30.5 Å². The zero-order chi connectivity index (χ0) is 13.1. The Bertz CT molecular complexity index is 558. The molecule has 18 heavy (non-hydrogen) atoms. The second-order valence-electron chi connectivity index (χ2n) is 3.93. The number of hydrogen-bond donors (Lipinski definition) is 4. The van der Waals surface area contributed by atoms with Gasteiger partial charge in [-0.3, -0.25) is 4.98 Å². The maximum absolute atomic E-state index is 13.9. The normalized spacial score (nSPS) is 11.1. The molecule has 2 rings (SSSR count). The van der Waals surface area contributed by atoms with Gasteiger partial charge in [-0.2, -0.15) is 0 Å². The third kappa shape index (κ3) is 2.20. The Hall–Kier alpha value is -1.92. The Kier molecular flexibility index (Phi) is 3.59. The molecule has 0 atom stereocenters. The lowest BCUT2D eigenvalue weighted by molar-refractivity contribution is 0.203. The number of nitrogens with one attached hydrogen (secondary N) is 1. The van der Waals surface area contributed by atoms with Gasteiger partial charge in [-0.1, -0.05) is 0 Å². The van der Waals surface area contributed by atoms with E-state index in [1.165, 1.54) is 12.3 Å². The molecule has 0 unspecified atom stereocenters. The van der Waals surface area contributed by atoms with Crippen molar-refractivity contribution >= 4 is 22.3 Å². The molecule has 2 aromatic rings. The van der Waals surface area contributed by atoms with Crippen LogP contribution >= 0.6 is 0 Å². The van der Waals surface area contributed by atoms with Crippen LogP contribution in [0.3, 0.4) is 0 Å². The Labute approximate surface area is 103 Å². The van der Waals surface area contributed by atoms with Gasteiger partial charge in [0.2, 0.25) is 0 Å². The maximum Gasteiger partial charge on any atom is 0.150 e. The van der Waals surface area contributed by atoms with E-state index < -0.39 is 11.9 Å². The molecule has 5 N–H and O–H groups in total. The molecular formula is C12H14FN3O2. The standard InChI is InChI=1S/C12H14FN3O2/c13-9-4-10(14)8-2-1-3-15-11(8)12(9)16-7(5-17)6-18/h1-4,7,16-18H,5-6,14H2. The van der Waals surface area contributed by atoms with Gasteiger partial charge in [0.25, 0.3) is 0 Å². The van der Waals surface area contributed by atoms with E-state index in [9.17, 15) is 4.39 Å². The average Bonchev–Trinajstić information content (AvgIpc) is 2.39. The highest BCUT2D eigenvalue weighted by Crippen LogP contribution is 2.29. The molecule has 0 bridgehead atoms. The molecule has 0 radical (unpaired) electrons. The van der Waals surface area contributed by atoms with E-state index in [0.29, 0.717) is 16.6 Å². The molecule has 0 spiro atoms. The molecule has 6 heteroatoms. The summed E-state index contributed by atoms with van der Waals surface area (Å²) in [6.07, 6.45) is 1.53. The lowest BCUT2D eigenvalue weighted by Gasteiger charge is -2.17. The first-order chi connectivity index (χ1) is 8.67. The number of aliphatic hydroxyl groups is 2. The fourth-order valence-electron chi connectivity index (χ4n) is 1.73. The Morgan fingerprint density at radius 1 is 1.39 bits per heavy atom. The van der Waals surface area contributed by atoms with Crippen LogP contribution in [0, 0.1) is 5.82 Å². The number of nitrogens with zero attached hydrogens (tertiary/aromatic N) is 1. The number of hydrogen-bond acceptors (Lipinski definition) is 5. The van der Waals surface area contributed by atoms with E-state index in [1.54, 1.807) is 12.1 Å². The van der Waals surface area contributed by atoms with Crippen molar-refractivity contribution in [2.75, 3.05) is 24.3 Å². The van der Waals surface area contributed by atoms with Crippen molar-refractivity contribution in [2.24, 2.45) is 0 Å². The number of halogens is 1. The van der Waals surface area contributed by atoms with Gasteiger partial charge in [-0.15, -0.1) is 0 Å². The molecule has 0 aliphatic heterocycles. The van der Waals surface area contributed by atoms with E-state index in [0.717, 1.165) is 0 Å². The fourth-order valence-corrected chi connectivity index (χ4v) is 1.73. The number of aliphatic hydroxyl groups excluding tert-OH is 2. The summed E-state index contributed by atoms with van der Waals surface area (Å²) < 4.78 is 13.9. The van der Waals surface area contributed by atoms with Crippen LogP contribution in [-0.2, 0) is 0 Å². The van der Waals surface area contributed by atoms with Crippen molar-refractivity contribution in [3.8, 4) is 0 Å². The van der Waals surface area contributed by atoms with Crippen LogP contribution in [0.25, 0.3) is 10.9 Å². The van der Waals surface area contributed by atoms with Crippen LogP contribution in [0.2, 0.25) is 0 Å². The summed E-state index contributed by atoms with van der Waals surface area (Å²) in [5.74, 6) is -0.564. The number of aromatic nitrogens is 1. The third-order valence-electron chi connectivity index (χ3n) is 2.67. The van der Waals surface area contributed by atoms with Crippen molar-refractivity contribution in [1.82, 2.24) is 4.98 Å². The lowest BCUT2D eigenvalue weighted by atomic mass is 10.1. The van der Waals surface area contributed by atoms with Crippen molar-refractivity contribution < 1.29 is 14.6 Å². The van der Waals surface area contributed by atoms with Crippen LogP contribution < -0.4 is 11.1 Å². The zero-order valence-corrected chi connectivity index (χ0v) is 9.60. The summed E-state index contributed by atoms with van der Waals surface area (Å²) in [6.45, 7) is -0.622. The third-order valence-corrected chi connectivity index (χ3v) is 2.67. The minimum Gasteiger partial charge on any atom is -0.398 e. The molecule has 0 saturated heterocycles. The molecule has 1 heterocycles. The van der Waals surface area contributed by atoms with Gasteiger partial charge in [0.15, 0.2) is 5.82 Å². The average molecular weight is 251 g/mol. The number of nitrogens with two attached hydrogens (primary N) is 1. The topological polar surface area (TPSA) is 91.4 Å². The molecule has 1 aromatic carbocycles. The first kappa shape index (κ1) is 12.5. The smallest absolute Gasteiger partial charge is 0.150 e. The van der Waals surface area contributed by atoms with E-state index in [-0.39, 0.29) is 18.9 Å². The van der Waals surface area contributed by atoms with Crippen LogP contribution in [0.4, 0.5) is 15.8 Å². The Balaban J connectivity index is 2.55. The van der Waals surface area contributed by atoms with Crippen LogP contribution in [0.5, 0.6) is 0 Å². The second kappa shape index (κ2) is 5.16. The number of nitrogen functional groups attached to an aromatic ring is 1. The molecule has 0 saturated carbocycles. The summed E-state index contributed by atoms with van der Waals surface area (Å²) in [6, 6.07) is 3.98. The summed E-state index contributed by atoms with van der Waals surface area (Å²) in [7, 11) is 0. The SMILES string of the molecule is Nc1cc(F)c(NC(CO)CO)c2ncccc12. The fraction of sp³-hybridized carbons (Fsp3) is 0.250. The van der Waals surface area contributed by atoms with Gasteiger partial charge >= 0.3 is 0 Å². The molecule has 0 fully saturated rings. The highest BCUT2D eigenvalue weighted by atomic mass is 19.1. The quantitative estimate of drug-likeness (QED) is 0.601. The summed E-state index contributed by atoms with van der Waals surface area (Å²) in [4.78, 5) is 4.08. The van der Waals surface area contributed by atoms with Crippen molar-refractivity contribution in [2.45, 2.75) is 6.04 Å². The van der Waals surface area contributed by atoms with E-state index >= 15 is 0 Å². The zero-order valence-electron chi connectivity index (χ0n) is 9.60. The van der Waals surface area contributed by atoms with Crippen molar-refractivity contribution in [3.63, 3.8) is 0 Å². The summed E-state index contributed by atoms with van der Waals surface area (Å²) in [5, 5.41) is 21.4. The predicted octanol–water partition coefficient (Wildman–Crippen LogP) is 0.721. The Morgan fingerprint density at radius 3 is 2.78 bits per heavy atom.